The van der Waals surface area contributed by atoms with Crippen LogP contribution < -0.4 is 15.4 Å². The highest BCUT2D eigenvalue weighted by molar-refractivity contribution is 5.51. The Morgan fingerprint density at radius 1 is 1.10 bits per heavy atom. The van der Waals surface area contributed by atoms with Crippen LogP contribution in [0, 0.1) is 6.92 Å². The number of hydrogen-bond donors (Lipinski definition) is 1. The fourth-order valence-electron chi connectivity index (χ4n) is 2.10. The smallest absolute Gasteiger partial charge is 0.130 e. The Bertz CT molecular complexity index is 579. The van der Waals surface area contributed by atoms with Crippen molar-refractivity contribution >= 4 is 5.69 Å². The number of aryl methyl sites for hydroxylation is 1. The lowest BCUT2D eigenvalue weighted by Crippen LogP contribution is -2.08. The molecule has 0 aromatic heterocycles. The second-order valence-corrected chi connectivity index (χ2v) is 5.13. The third-order valence-corrected chi connectivity index (χ3v) is 3.23. The predicted octanol–water partition coefficient (Wildman–Crippen LogP) is 3.35. The van der Waals surface area contributed by atoms with Gasteiger partial charge in [0.2, 0.25) is 0 Å². The van der Waals surface area contributed by atoms with Gasteiger partial charge in [-0.15, -0.1) is 0 Å². The summed E-state index contributed by atoms with van der Waals surface area (Å²) in [6.07, 6.45) is 0.900. The van der Waals surface area contributed by atoms with E-state index in [-0.39, 0.29) is 0 Å². The molecule has 0 spiro atoms. The Morgan fingerprint density at radius 3 is 2.55 bits per heavy atom. The van der Waals surface area contributed by atoms with Crippen molar-refractivity contribution in [2.75, 3.05) is 25.5 Å². The van der Waals surface area contributed by atoms with Gasteiger partial charge in [-0.2, -0.15) is 0 Å². The van der Waals surface area contributed by atoms with Gasteiger partial charge in [0.25, 0.3) is 0 Å². The van der Waals surface area contributed by atoms with Crippen LogP contribution in [0.25, 0.3) is 0 Å². The van der Waals surface area contributed by atoms with Gasteiger partial charge in [-0.25, -0.2) is 0 Å². The molecule has 0 radical (unpaired) electrons. The number of nitrogens with zero attached hydrogens (tertiary/aromatic N) is 1. The molecule has 0 saturated heterocycles. The molecule has 0 unspecified atom stereocenters. The molecule has 0 saturated carbocycles. The van der Waals surface area contributed by atoms with Crippen LogP contribution in [0.4, 0.5) is 5.69 Å². The lowest BCUT2D eigenvalue weighted by atomic mass is 10.1. The lowest BCUT2D eigenvalue weighted by Gasteiger charge is -2.15. The lowest BCUT2D eigenvalue weighted by molar-refractivity contribution is 0.478. The van der Waals surface area contributed by atoms with Gasteiger partial charge < -0.3 is 15.4 Å². The highest BCUT2D eigenvalue weighted by atomic mass is 16.5. The largest absolute Gasteiger partial charge is 0.457 e. The van der Waals surface area contributed by atoms with Gasteiger partial charge in [-0.3, -0.25) is 0 Å². The molecule has 3 nitrogen and oxygen atoms in total. The fraction of sp³-hybridized carbons (Fsp3) is 0.294. The molecule has 0 heterocycles. The first kappa shape index (κ1) is 14.4. The van der Waals surface area contributed by atoms with Crippen molar-refractivity contribution in [3.8, 4) is 11.5 Å². The Morgan fingerprint density at radius 2 is 1.90 bits per heavy atom. The molecule has 2 N–H and O–H groups in total. The molecule has 3 heteroatoms. The van der Waals surface area contributed by atoms with E-state index in [1.165, 1.54) is 5.56 Å². The van der Waals surface area contributed by atoms with Gasteiger partial charge in [-0.05, 0) is 49.2 Å². The summed E-state index contributed by atoms with van der Waals surface area (Å²) in [6.45, 7) is 2.73. The minimum absolute atomic E-state index is 0.671. The number of benzene rings is 2. The first-order chi connectivity index (χ1) is 9.60. The molecule has 106 valence electrons. The summed E-state index contributed by atoms with van der Waals surface area (Å²) in [4.78, 5) is 2.06. The van der Waals surface area contributed by atoms with Gasteiger partial charge in [0, 0.05) is 25.8 Å². The summed E-state index contributed by atoms with van der Waals surface area (Å²) >= 11 is 0. The minimum Gasteiger partial charge on any atom is -0.457 e. The van der Waals surface area contributed by atoms with E-state index in [2.05, 4.69) is 30.0 Å². The van der Waals surface area contributed by atoms with E-state index >= 15 is 0 Å². The van der Waals surface area contributed by atoms with E-state index in [9.17, 15) is 0 Å². The Labute approximate surface area is 121 Å². The normalized spacial score (nSPS) is 10.4. The van der Waals surface area contributed by atoms with Crippen LogP contribution in [-0.4, -0.2) is 20.6 Å². The average molecular weight is 270 g/mol. The second-order valence-electron chi connectivity index (χ2n) is 5.13. The van der Waals surface area contributed by atoms with Crippen molar-refractivity contribution < 1.29 is 4.74 Å². The van der Waals surface area contributed by atoms with Crippen molar-refractivity contribution in [1.82, 2.24) is 0 Å². The summed E-state index contributed by atoms with van der Waals surface area (Å²) in [5, 5.41) is 0. The maximum absolute atomic E-state index is 5.98. The highest BCUT2D eigenvalue weighted by Crippen LogP contribution is 2.28. The van der Waals surface area contributed by atoms with E-state index in [4.69, 9.17) is 10.5 Å². The topological polar surface area (TPSA) is 38.5 Å². The SMILES string of the molecule is Cc1cc(CCN)ccc1Oc1cccc(N(C)C)c1. The summed E-state index contributed by atoms with van der Waals surface area (Å²) in [7, 11) is 4.04. The van der Waals surface area contributed by atoms with Crippen LogP contribution in [0.1, 0.15) is 11.1 Å². The zero-order valence-corrected chi connectivity index (χ0v) is 12.4. The number of hydrogen-bond acceptors (Lipinski definition) is 3. The summed E-state index contributed by atoms with van der Waals surface area (Å²) < 4.78 is 5.98. The quantitative estimate of drug-likeness (QED) is 0.905. The van der Waals surface area contributed by atoms with Gasteiger partial charge in [0.1, 0.15) is 11.5 Å². The van der Waals surface area contributed by atoms with E-state index in [0.29, 0.717) is 6.54 Å². The molecule has 2 rings (SSSR count). The van der Waals surface area contributed by atoms with Crippen LogP contribution in [0.2, 0.25) is 0 Å². The molecule has 20 heavy (non-hydrogen) atoms. The molecule has 0 amide bonds. The monoisotopic (exact) mass is 270 g/mol. The number of nitrogens with two attached hydrogens (primary N) is 1. The molecule has 0 aliphatic carbocycles. The third kappa shape index (κ3) is 3.52. The fourth-order valence-corrected chi connectivity index (χ4v) is 2.10. The van der Waals surface area contributed by atoms with Crippen molar-refractivity contribution in [2.45, 2.75) is 13.3 Å². The highest BCUT2D eigenvalue weighted by Gasteiger charge is 2.04. The Kier molecular flexibility index (Phi) is 4.64. The van der Waals surface area contributed by atoms with Crippen LogP contribution in [0.5, 0.6) is 11.5 Å². The van der Waals surface area contributed by atoms with E-state index < -0.39 is 0 Å². The maximum atomic E-state index is 5.98. The van der Waals surface area contributed by atoms with Crippen LogP contribution in [-0.2, 0) is 6.42 Å². The first-order valence-electron chi connectivity index (χ1n) is 6.85. The van der Waals surface area contributed by atoms with Gasteiger partial charge in [0.05, 0.1) is 0 Å². The summed E-state index contributed by atoms with van der Waals surface area (Å²) in [5.74, 6) is 1.74. The van der Waals surface area contributed by atoms with Crippen molar-refractivity contribution in [1.29, 1.82) is 0 Å². The van der Waals surface area contributed by atoms with Gasteiger partial charge in [0.15, 0.2) is 0 Å². The Balaban J connectivity index is 2.19. The van der Waals surface area contributed by atoms with Crippen molar-refractivity contribution in [3.63, 3.8) is 0 Å². The zero-order chi connectivity index (χ0) is 14.5. The van der Waals surface area contributed by atoms with Crippen molar-refractivity contribution in [3.05, 3.63) is 53.6 Å². The summed E-state index contributed by atoms with van der Waals surface area (Å²) in [6, 6.07) is 14.3. The molecule has 0 aliphatic heterocycles. The van der Waals surface area contributed by atoms with Crippen LogP contribution in [0.3, 0.4) is 0 Å². The predicted molar refractivity (Wildman–Crippen MR) is 84.8 cm³/mol. The molecule has 0 bridgehead atoms. The minimum atomic E-state index is 0.671. The van der Waals surface area contributed by atoms with E-state index in [0.717, 1.165) is 29.2 Å². The van der Waals surface area contributed by atoms with Gasteiger partial charge in [-0.1, -0.05) is 18.2 Å². The molecule has 0 atom stereocenters. The Hall–Kier alpha value is -2.00. The molecular weight excluding hydrogens is 248 g/mol. The van der Waals surface area contributed by atoms with E-state index in [1.54, 1.807) is 0 Å². The average Bonchev–Trinajstić information content (AvgIpc) is 2.42. The molecule has 0 fully saturated rings. The second kappa shape index (κ2) is 6.44. The zero-order valence-electron chi connectivity index (χ0n) is 12.4. The van der Waals surface area contributed by atoms with E-state index in [1.807, 2.05) is 38.4 Å². The number of ether oxygens (including phenoxy) is 1. The molecule has 2 aromatic rings. The maximum Gasteiger partial charge on any atom is 0.130 e. The first-order valence-corrected chi connectivity index (χ1v) is 6.85. The van der Waals surface area contributed by atoms with Crippen molar-refractivity contribution in [2.24, 2.45) is 5.73 Å². The number of anilines is 1. The van der Waals surface area contributed by atoms with Gasteiger partial charge >= 0.3 is 0 Å². The summed E-state index contributed by atoms with van der Waals surface area (Å²) in [5.41, 5.74) is 9.09. The standard InChI is InChI=1S/C17H22N2O/c1-13-11-14(9-10-18)7-8-17(13)20-16-6-4-5-15(12-16)19(2)3/h4-8,11-12H,9-10,18H2,1-3H3. The molecular formula is C17H22N2O. The molecule has 0 aliphatic rings. The molecule has 2 aromatic carbocycles. The van der Waals surface area contributed by atoms with Crippen LogP contribution in [0.15, 0.2) is 42.5 Å². The third-order valence-electron chi connectivity index (χ3n) is 3.23. The number of rotatable bonds is 5. The van der Waals surface area contributed by atoms with Crippen LogP contribution >= 0.6 is 0 Å².